The second-order valence-electron chi connectivity index (χ2n) is 8.38. The fourth-order valence-corrected chi connectivity index (χ4v) is 4.61. The molecule has 1 amide bonds. The van der Waals surface area contributed by atoms with Crippen molar-refractivity contribution in [3.8, 4) is 0 Å². The number of para-hydroxylation sites is 2. The molecule has 1 aromatic heterocycles. The Kier molecular flexibility index (Phi) is 6.79. The highest BCUT2D eigenvalue weighted by molar-refractivity contribution is 5.78. The lowest BCUT2D eigenvalue weighted by atomic mass is 10.2. The van der Waals surface area contributed by atoms with Crippen LogP contribution in [0.3, 0.4) is 0 Å². The second-order valence-corrected chi connectivity index (χ2v) is 8.38. The molecule has 0 saturated carbocycles. The van der Waals surface area contributed by atoms with Gasteiger partial charge in [0.15, 0.2) is 5.82 Å². The van der Waals surface area contributed by atoms with Gasteiger partial charge in [0.1, 0.15) is 5.69 Å². The monoisotopic (exact) mass is 439 g/mol. The van der Waals surface area contributed by atoms with Crippen LogP contribution in [0.4, 0.5) is 17.2 Å². The predicted octanol–water partition coefficient (Wildman–Crippen LogP) is 1.63. The van der Waals surface area contributed by atoms with Gasteiger partial charge in [0, 0.05) is 57.6 Å². The lowest BCUT2D eigenvalue weighted by Gasteiger charge is -2.37. The Hall–Kier alpha value is -3.27. The first-order valence-corrected chi connectivity index (χ1v) is 11.0. The fraction of sp³-hybridized carbons (Fsp3) is 0.500. The molecule has 2 saturated heterocycles. The summed E-state index contributed by atoms with van der Waals surface area (Å²) in [4.78, 5) is 32.0. The van der Waals surface area contributed by atoms with Crippen molar-refractivity contribution in [1.29, 1.82) is 0 Å². The summed E-state index contributed by atoms with van der Waals surface area (Å²) in [6.45, 7) is 4.40. The zero-order valence-electron chi connectivity index (χ0n) is 18.3. The van der Waals surface area contributed by atoms with Crippen LogP contribution in [0.15, 0.2) is 42.6 Å². The molecule has 10 nitrogen and oxygen atoms in total. The minimum absolute atomic E-state index is 0.0961. The lowest BCUT2D eigenvalue weighted by Crippen LogP contribution is -2.52. The Morgan fingerprint density at radius 3 is 2.66 bits per heavy atom. The fourth-order valence-electron chi connectivity index (χ4n) is 4.61. The molecule has 2 aliphatic heterocycles. The van der Waals surface area contributed by atoms with Crippen molar-refractivity contribution in [1.82, 2.24) is 20.0 Å². The van der Waals surface area contributed by atoms with Gasteiger partial charge < -0.3 is 14.7 Å². The van der Waals surface area contributed by atoms with E-state index in [0.29, 0.717) is 44.5 Å². The van der Waals surface area contributed by atoms with E-state index < -0.39 is 0 Å². The van der Waals surface area contributed by atoms with E-state index in [-0.39, 0.29) is 16.5 Å². The number of carbonyl (C=O) groups excluding carboxylic acids is 1. The molecule has 2 aliphatic rings. The van der Waals surface area contributed by atoms with Crippen molar-refractivity contribution in [3.63, 3.8) is 0 Å². The number of benzene rings is 1. The van der Waals surface area contributed by atoms with Gasteiger partial charge in [-0.05, 0) is 38.1 Å². The van der Waals surface area contributed by atoms with Crippen LogP contribution in [0.5, 0.6) is 0 Å². The molecule has 1 atom stereocenters. The van der Waals surface area contributed by atoms with Crippen molar-refractivity contribution in [2.24, 2.45) is 0 Å². The van der Waals surface area contributed by atoms with Gasteiger partial charge in [-0.15, -0.1) is 5.10 Å². The molecule has 2 fully saturated rings. The zero-order chi connectivity index (χ0) is 22.5. The van der Waals surface area contributed by atoms with Crippen LogP contribution in [0.1, 0.15) is 12.8 Å². The highest BCUT2D eigenvalue weighted by Gasteiger charge is 2.29. The first kappa shape index (κ1) is 21.9. The van der Waals surface area contributed by atoms with Crippen LogP contribution in [0.2, 0.25) is 0 Å². The summed E-state index contributed by atoms with van der Waals surface area (Å²) < 4.78 is 0. The molecule has 0 spiro atoms. The zero-order valence-corrected chi connectivity index (χ0v) is 18.3. The van der Waals surface area contributed by atoms with Gasteiger partial charge in [0.2, 0.25) is 5.91 Å². The summed E-state index contributed by atoms with van der Waals surface area (Å²) in [5.74, 6) is 0.986. The van der Waals surface area contributed by atoms with Crippen LogP contribution in [0.25, 0.3) is 0 Å². The largest absolute Gasteiger partial charge is 0.362 e. The quantitative estimate of drug-likeness (QED) is 0.474. The number of hydrogen-bond acceptors (Lipinski definition) is 8. The van der Waals surface area contributed by atoms with Gasteiger partial charge in [0.25, 0.3) is 5.69 Å². The number of piperazine rings is 1. The third-order valence-corrected chi connectivity index (χ3v) is 6.21. The van der Waals surface area contributed by atoms with E-state index in [1.54, 1.807) is 18.3 Å². The third-order valence-electron chi connectivity index (χ3n) is 6.21. The standard InChI is InChI=1S/C22H29N7O3/c1-25(16-18-6-5-11-28(18)21-9-4-10-23-24-21)17-22(30)27-14-12-26(13-15-27)19-7-2-3-8-20(19)29(31)32/h2-4,7-10,18H,5-6,11-17H2,1H3. The summed E-state index contributed by atoms with van der Waals surface area (Å²) >= 11 is 0. The molecule has 32 heavy (non-hydrogen) atoms. The van der Waals surface area contributed by atoms with Crippen LogP contribution < -0.4 is 9.80 Å². The van der Waals surface area contributed by atoms with Gasteiger partial charge in [-0.2, -0.15) is 5.10 Å². The van der Waals surface area contributed by atoms with E-state index in [1.165, 1.54) is 6.07 Å². The molecule has 0 aliphatic carbocycles. The van der Waals surface area contributed by atoms with Crippen molar-refractivity contribution in [3.05, 3.63) is 52.7 Å². The first-order chi connectivity index (χ1) is 15.5. The minimum atomic E-state index is -0.352. The van der Waals surface area contributed by atoms with E-state index in [0.717, 1.165) is 31.7 Å². The van der Waals surface area contributed by atoms with Gasteiger partial charge in [-0.3, -0.25) is 19.8 Å². The number of nitro benzene ring substituents is 1. The SMILES string of the molecule is CN(CC(=O)N1CCN(c2ccccc2[N+](=O)[O-])CC1)CC1CCCN1c1cccnn1. The number of rotatable bonds is 7. The first-order valence-electron chi connectivity index (χ1n) is 11.0. The number of nitro groups is 1. The number of likely N-dealkylation sites (N-methyl/N-ethyl adjacent to an activating group) is 1. The maximum atomic E-state index is 12.9. The molecule has 170 valence electrons. The van der Waals surface area contributed by atoms with Crippen LogP contribution in [-0.2, 0) is 4.79 Å². The normalized spacial score (nSPS) is 18.9. The maximum absolute atomic E-state index is 12.9. The molecule has 0 N–H and O–H groups in total. The van der Waals surface area contributed by atoms with Gasteiger partial charge in [0.05, 0.1) is 11.5 Å². The molecule has 1 unspecified atom stereocenters. The lowest BCUT2D eigenvalue weighted by molar-refractivity contribution is -0.384. The molecule has 0 bridgehead atoms. The van der Waals surface area contributed by atoms with Crippen molar-refractivity contribution < 1.29 is 9.72 Å². The summed E-state index contributed by atoms with van der Waals surface area (Å²) in [7, 11) is 1.98. The average molecular weight is 440 g/mol. The van der Waals surface area contributed by atoms with E-state index >= 15 is 0 Å². The third kappa shape index (κ3) is 4.96. The molecular formula is C22H29N7O3. The Labute approximate surface area is 187 Å². The Bertz CT molecular complexity index is 934. The second kappa shape index (κ2) is 9.90. The Morgan fingerprint density at radius 2 is 1.94 bits per heavy atom. The van der Waals surface area contributed by atoms with Crippen molar-refractivity contribution in [2.75, 3.05) is 62.7 Å². The molecule has 1 aromatic carbocycles. The van der Waals surface area contributed by atoms with Crippen LogP contribution in [0, 0.1) is 10.1 Å². The summed E-state index contributed by atoms with van der Waals surface area (Å²) in [5, 5.41) is 19.5. The van der Waals surface area contributed by atoms with Crippen molar-refractivity contribution in [2.45, 2.75) is 18.9 Å². The Morgan fingerprint density at radius 1 is 1.16 bits per heavy atom. The van der Waals surface area contributed by atoms with Crippen molar-refractivity contribution >= 4 is 23.1 Å². The maximum Gasteiger partial charge on any atom is 0.292 e. The van der Waals surface area contributed by atoms with Crippen LogP contribution in [-0.4, -0.2) is 89.7 Å². The number of nitrogens with zero attached hydrogens (tertiary/aromatic N) is 7. The average Bonchev–Trinajstić information content (AvgIpc) is 3.27. The predicted molar refractivity (Wildman–Crippen MR) is 122 cm³/mol. The molecule has 0 radical (unpaired) electrons. The molecule has 10 heteroatoms. The number of hydrogen-bond donors (Lipinski definition) is 0. The number of anilines is 2. The minimum Gasteiger partial charge on any atom is -0.362 e. The summed E-state index contributed by atoms with van der Waals surface area (Å²) in [6, 6.07) is 11.0. The number of aromatic nitrogens is 2. The van der Waals surface area contributed by atoms with E-state index in [2.05, 4.69) is 20.0 Å². The topological polar surface area (TPSA) is 99.0 Å². The number of carbonyl (C=O) groups is 1. The van der Waals surface area contributed by atoms with E-state index in [4.69, 9.17) is 0 Å². The number of amides is 1. The summed E-state index contributed by atoms with van der Waals surface area (Å²) in [6.07, 6.45) is 3.86. The summed E-state index contributed by atoms with van der Waals surface area (Å²) in [5.41, 5.74) is 0.725. The van der Waals surface area contributed by atoms with Crippen LogP contribution >= 0.6 is 0 Å². The molecule has 2 aromatic rings. The highest BCUT2D eigenvalue weighted by atomic mass is 16.6. The van der Waals surface area contributed by atoms with Gasteiger partial charge in [-0.25, -0.2) is 0 Å². The molecule has 3 heterocycles. The Balaban J connectivity index is 1.28. The smallest absolute Gasteiger partial charge is 0.292 e. The molecule has 4 rings (SSSR count). The van der Waals surface area contributed by atoms with E-state index in [9.17, 15) is 14.9 Å². The van der Waals surface area contributed by atoms with Gasteiger partial charge in [-0.1, -0.05) is 12.1 Å². The van der Waals surface area contributed by atoms with Gasteiger partial charge >= 0.3 is 0 Å². The highest BCUT2D eigenvalue weighted by Crippen LogP contribution is 2.28. The molecular weight excluding hydrogens is 410 g/mol. The van der Waals surface area contributed by atoms with E-state index in [1.807, 2.05) is 35.0 Å².